The zero-order valence-electron chi connectivity index (χ0n) is 9.15. The fraction of sp³-hybridized carbons (Fsp3) is 0.462. The van der Waals surface area contributed by atoms with Crippen molar-refractivity contribution in [1.82, 2.24) is 0 Å². The molecule has 1 unspecified atom stereocenters. The highest BCUT2D eigenvalue weighted by Crippen LogP contribution is 2.32. The van der Waals surface area contributed by atoms with Crippen LogP contribution in [-0.2, 0) is 0 Å². The third-order valence-electron chi connectivity index (χ3n) is 2.84. The fourth-order valence-corrected chi connectivity index (χ4v) is 2.68. The van der Waals surface area contributed by atoms with Gasteiger partial charge in [-0.1, -0.05) is 24.6 Å². The summed E-state index contributed by atoms with van der Waals surface area (Å²) in [6.07, 6.45) is 9.19. The van der Waals surface area contributed by atoms with E-state index in [0.717, 1.165) is 6.42 Å². The molecule has 1 aromatic rings. The van der Waals surface area contributed by atoms with Crippen LogP contribution in [0, 0.1) is 0 Å². The first-order valence-electron chi connectivity index (χ1n) is 5.56. The van der Waals surface area contributed by atoms with Crippen LogP contribution in [0.3, 0.4) is 0 Å². The van der Waals surface area contributed by atoms with Gasteiger partial charge in [-0.3, -0.25) is 4.99 Å². The average molecular weight is 219 g/mol. The SMILES string of the molecule is CSc1ccccc1C1CCCCC=N1. The van der Waals surface area contributed by atoms with Gasteiger partial charge < -0.3 is 0 Å². The number of benzene rings is 1. The number of rotatable bonds is 2. The number of hydrogen-bond acceptors (Lipinski definition) is 2. The molecular weight excluding hydrogens is 202 g/mol. The third kappa shape index (κ3) is 2.63. The second kappa shape index (κ2) is 5.36. The first kappa shape index (κ1) is 10.7. The molecule has 0 amide bonds. The number of nitrogens with zero attached hydrogens (tertiary/aromatic N) is 1. The van der Waals surface area contributed by atoms with Crippen molar-refractivity contribution in [2.24, 2.45) is 4.99 Å². The van der Waals surface area contributed by atoms with Crippen molar-refractivity contribution in [3.63, 3.8) is 0 Å². The van der Waals surface area contributed by atoms with Gasteiger partial charge in [0.25, 0.3) is 0 Å². The van der Waals surface area contributed by atoms with Crippen LogP contribution in [0.2, 0.25) is 0 Å². The highest BCUT2D eigenvalue weighted by Gasteiger charge is 2.14. The summed E-state index contributed by atoms with van der Waals surface area (Å²) in [5, 5.41) is 0. The summed E-state index contributed by atoms with van der Waals surface area (Å²) in [4.78, 5) is 6.04. The van der Waals surface area contributed by atoms with E-state index in [9.17, 15) is 0 Å². The molecule has 0 N–H and O–H groups in total. The normalized spacial score (nSPS) is 21.3. The Labute approximate surface area is 96.0 Å². The first-order chi connectivity index (χ1) is 7.42. The molecule has 1 nitrogen and oxygen atoms in total. The van der Waals surface area contributed by atoms with E-state index in [1.807, 2.05) is 11.8 Å². The molecule has 2 heteroatoms. The Kier molecular flexibility index (Phi) is 3.84. The molecule has 0 aliphatic carbocycles. The molecule has 15 heavy (non-hydrogen) atoms. The van der Waals surface area contributed by atoms with E-state index in [0.29, 0.717) is 6.04 Å². The fourth-order valence-electron chi connectivity index (χ4n) is 2.03. The topological polar surface area (TPSA) is 12.4 Å². The van der Waals surface area contributed by atoms with E-state index in [2.05, 4.69) is 41.7 Å². The molecule has 0 bridgehead atoms. The van der Waals surface area contributed by atoms with Crippen molar-refractivity contribution >= 4 is 18.0 Å². The minimum atomic E-state index is 0.399. The van der Waals surface area contributed by atoms with Crippen LogP contribution < -0.4 is 0 Å². The van der Waals surface area contributed by atoms with Crippen molar-refractivity contribution in [3.8, 4) is 0 Å². The van der Waals surface area contributed by atoms with Crippen LogP contribution in [0.25, 0.3) is 0 Å². The Morgan fingerprint density at radius 1 is 1.27 bits per heavy atom. The minimum Gasteiger partial charge on any atom is -0.289 e. The highest BCUT2D eigenvalue weighted by molar-refractivity contribution is 7.98. The van der Waals surface area contributed by atoms with Gasteiger partial charge in [-0.2, -0.15) is 0 Å². The van der Waals surface area contributed by atoms with Gasteiger partial charge in [-0.25, -0.2) is 0 Å². The Bertz CT molecular complexity index is 346. The van der Waals surface area contributed by atoms with Crippen LogP contribution in [-0.4, -0.2) is 12.5 Å². The van der Waals surface area contributed by atoms with Gasteiger partial charge >= 0.3 is 0 Å². The molecule has 1 atom stereocenters. The molecule has 1 aromatic carbocycles. The summed E-state index contributed by atoms with van der Waals surface area (Å²) < 4.78 is 0. The van der Waals surface area contributed by atoms with E-state index in [-0.39, 0.29) is 0 Å². The van der Waals surface area contributed by atoms with Crippen molar-refractivity contribution in [2.45, 2.75) is 36.6 Å². The summed E-state index contributed by atoms with van der Waals surface area (Å²) in [6, 6.07) is 9.04. The van der Waals surface area contributed by atoms with Crippen molar-refractivity contribution < 1.29 is 0 Å². The Morgan fingerprint density at radius 2 is 2.13 bits per heavy atom. The van der Waals surface area contributed by atoms with Gasteiger partial charge in [-0.05, 0) is 43.4 Å². The summed E-state index contributed by atoms with van der Waals surface area (Å²) >= 11 is 1.82. The van der Waals surface area contributed by atoms with E-state index >= 15 is 0 Å². The predicted molar refractivity (Wildman–Crippen MR) is 67.9 cm³/mol. The largest absolute Gasteiger partial charge is 0.289 e. The van der Waals surface area contributed by atoms with Gasteiger partial charge in [0.1, 0.15) is 0 Å². The molecule has 0 aromatic heterocycles. The van der Waals surface area contributed by atoms with Gasteiger partial charge in [0.05, 0.1) is 6.04 Å². The average Bonchev–Trinajstić information content (AvgIpc) is 2.57. The van der Waals surface area contributed by atoms with Crippen molar-refractivity contribution in [2.75, 3.05) is 6.26 Å². The lowest BCUT2D eigenvalue weighted by Crippen LogP contribution is -1.96. The first-order valence-corrected chi connectivity index (χ1v) is 6.79. The Morgan fingerprint density at radius 3 is 3.00 bits per heavy atom. The summed E-state index contributed by atoms with van der Waals surface area (Å²) in [7, 11) is 0. The Hall–Kier alpha value is -0.760. The van der Waals surface area contributed by atoms with Crippen molar-refractivity contribution in [3.05, 3.63) is 29.8 Å². The summed E-state index contributed by atoms with van der Waals surface area (Å²) in [5.41, 5.74) is 1.41. The van der Waals surface area contributed by atoms with Crippen LogP contribution in [0.15, 0.2) is 34.2 Å². The molecular formula is C13H17NS. The van der Waals surface area contributed by atoms with E-state index < -0.39 is 0 Å². The van der Waals surface area contributed by atoms with Crippen LogP contribution in [0.4, 0.5) is 0 Å². The zero-order valence-corrected chi connectivity index (χ0v) is 9.96. The smallest absolute Gasteiger partial charge is 0.0755 e. The van der Waals surface area contributed by atoms with Gasteiger partial charge in [0.15, 0.2) is 0 Å². The maximum Gasteiger partial charge on any atom is 0.0755 e. The van der Waals surface area contributed by atoms with Crippen molar-refractivity contribution in [1.29, 1.82) is 0 Å². The zero-order chi connectivity index (χ0) is 10.5. The third-order valence-corrected chi connectivity index (χ3v) is 3.66. The maximum atomic E-state index is 4.66. The monoisotopic (exact) mass is 219 g/mol. The van der Waals surface area contributed by atoms with E-state index in [1.54, 1.807) is 0 Å². The van der Waals surface area contributed by atoms with Gasteiger partial charge in [-0.15, -0.1) is 11.8 Å². The molecule has 1 aliphatic rings. The molecule has 2 rings (SSSR count). The number of aliphatic imine (C=N–C) groups is 1. The van der Waals surface area contributed by atoms with Crippen LogP contribution in [0.1, 0.15) is 37.3 Å². The quantitative estimate of drug-likeness (QED) is 0.682. The molecule has 1 heterocycles. The van der Waals surface area contributed by atoms with E-state index in [4.69, 9.17) is 0 Å². The van der Waals surface area contributed by atoms with Gasteiger partial charge in [0.2, 0.25) is 0 Å². The molecule has 0 radical (unpaired) electrons. The second-order valence-corrected chi connectivity index (χ2v) is 4.72. The molecule has 0 saturated carbocycles. The summed E-state index contributed by atoms with van der Waals surface area (Å²) in [5.74, 6) is 0. The molecule has 0 fully saturated rings. The number of thioether (sulfide) groups is 1. The molecule has 80 valence electrons. The lowest BCUT2D eigenvalue weighted by molar-refractivity contribution is 0.611. The van der Waals surface area contributed by atoms with Crippen LogP contribution >= 0.6 is 11.8 Å². The summed E-state index contributed by atoms with van der Waals surface area (Å²) in [6.45, 7) is 0. The highest BCUT2D eigenvalue weighted by atomic mass is 32.2. The van der Waals surface area contributed by atoms with E-state index in [1.165, 1.54) is 29.7 Å². The second-order valence-electron chi connectivity index (χ2n) is 3.87. The Balaban J connectivity index is 2.26. The number of hydrogen-bond donors (Lipinski definition) is 0. The predicted octanol–water partition coefficient (Wildman–Crippen LogP) is 4.09. The standard InChI is InChI=1S/C13H17NS/c1-15-13-9-5-4-7-11(13)12-8-3-2-6-10-14-12/h4-5,7,9-10,12H,2-3,6,8H2,1H3. The van der Waals surface area contributed by atoms with Gasteiger partial charge in [0, 0.05) is 4.90 Å². The minimum absolute atomic E-state index is 0.399. The molecule has 0 saturated heterocycles. The van der Waals surface area contributed by atoms with Crippen LogP contribution in [0.5, 0.6) is 0 Å². The molecule has 0 spiro atoms. The maximum absolute atomic E-state index is 4.66. The molecule has 1 aliphatic heterocycles. The lowest BCUT2D eigenvalue weighted by Gasteiger charge is -2.14. The lowest BCUT2D eigenvalue weighted by atomic mass is 10.0.